The fourth-order valence-electron chi connectivity index (χ4n) is 2.83. The van der Waals surface area contributed by atoms with E-state index < -0.39 is 0 Å². The van der Waals surface area contributed by atoms with E-state index in [1.165, 1.54) is 11.3 Å². The maximum Gasteiger partial charge on any atom is 0.186 e. The van der Waals surface area contributed by atoms with E-state index in [4.69, 9.17) is 0 Å². The molecule has 0 bridgehead atoms. The van der Waals surface area contributed by atoms with Crippen LogP contribution in [0.3, 0.4) is 0 Å². The quantitative estimate of drug-likeness (QED) is 0.383. The third kappa shape index (κ3) is 4.43. The van der Waals surface area contributed by atoms with Crippen LogP contribution < -0.4 is 0 Å². The topological polar surface area (TPSA) is 47.8 Å². The number of pyridine rings is 1. The van der Waals surface area contributed by atoms with Crippen LogP contribution in [-0.4, -0.2) is 20.3 Å². The zero-order valence-electron chi connectivity index (χ0n) is 15.1. The van der Waals surface area contributed by atoms with Gasteiger partial charge in [-0.05, 0) is 47.9 Å². The number of ketones is 1. The van der Waals surface area contributed by atoms with Crippen LogP contribution in [0.15, 0.2) is 78.6 Å². The summed E-state index contributed by atoms with van der Waals surface area (Å²) in [6, 6.07) is 17.4. The van der Waals surface area contributed by atoms with E-state index in [1.54, 1.807) is 12.4 Å². The van der Waals surface area contributed by atoms with E-state index in [2.05, 4.69) is 21.8 Å². The minimum atomic E-state index is 0.0518. The Morgan fingerprint density at radius 1 is 1.00 bits per heavy atom. The Morgan fingerprint density at radius 2 is 1.82 bits per heavy atom. The molecule has 4 aromatic rings. The molecule has 3 heterocycles. The highest BCUT2D eigenvalue weighted by atomic mass is 32.1. The number of nitrogens with zero attached hydrogens (tertiary/aromatic N) is 3. The van der Waals surface area contributed by atoms with Gasteiger partial charge in [0, 0.05) is 36.1 Å². The van der Waals surface area contributed by atoms with E-state index in [0.717, 1.165) is 16.1 Å². The van der Waals surface area contributed by atoms with Crippen molar-refractivity contribution in [2.75, 3.05) is 0 Å². The van der Waals surface area contributed by atoms with Crippen LogP contribution in [0.25, 0.3) is 0 Å². The molecule has 0 saturated heterocycles. The Balaban J connectivity index is 1.45. The highest BCUT2D eigenvalue weighted by Gasteiger charge is 2.14. The SMILES string of the molecule is O=C(Cc1nc(C#Cc2ccccc2)cs1)c1cccn1Cc1ccncc1. The third-order valence-corrected chi connectivity index (χ3v) is 5.04. The molecule has 0 atom stereocenters. The van der Waals surface area contributed by atoms with Crippen LogP contribution in [-0.2, 0) is 13.0 Å². The van der Waals surface area contributed by atoms with Crippen LogP contribution in [0.2, 0.25) is 0 Å². The van der Waals surface area contributed by atoms with Gasteiger partial charge < -0.3 is 4.57 Å². The molecular weight excluding hydrogens is 366 g/mol. The molecule has 4 rings (SSSR count). The van der Waals surface area contributed by atoms with Crippen molar-refractivity contribution in [3.05, 3.63) is 106 Å². The Hall–Kier alpha value is -3.49. The first-order valence-corrected chi connectivity index (χ1v) is 9.74. The highest BCUT2D eigenvalue weighted by molar-refractivity contribution is 7.09. The molecular formula is C23H17N3OS. The van der Waals surface area contributed by atoms with Crippen molar-refractivity contribution in [1.82, 2.24) is 14.5 Å². The van der Waals surface area contributed by atoms with Crippen molar-refractivity contribution in [3.63, 3.8) is 0 Å². The number of thiazole rings is 1. The summed E-state index contributed by atoms with van der Waals surface area (Å²) in [6.45, 7) is 0.641. The first-order valence-electron chi connectivity index (χ1n) is 8.86. The molecule has 0 fully saturated rings. The first-order chi connectivity index (χ1) is 13.8. The summed E-state index contributed by atoms with van der Waals surface area (Å²) in [7, 11) is 0. The lowest BCUT2D eigenvalue weighted by molar-refractivity contribution is 0.0984. The molecule has 28 heavy (non-hydrogen) atoms. The summed E-state index contributed by atoms with van der Waals surface area (Å²) in [5.41, 5.74) is 3.43. The molecule has 0 spiro atoms. The third-order valence-electron chi connectivity index (χ3n) is 4.19. The second-order valence-electron chi connectivity index (χ2n) is 6.22. The zero-order chi connectivity index (χ0) is 19.2. The standard InChI is InChI=1S/C23H17N3OS/c27-22(21-7-4-14-26(21)16-19-10-12-24-13-11-19)15-23-25-20(17-28-23)9-8-18-5-2-1-3-6-18/h1-7,10-14,17H,15-16H2. The van der Waals surface area contributed by atoms with Gasteiger partial charge in [-0.15, -0.1) is 11.3 Å². The first kappa shape index (κ1) is 17.9. The predicted molar refractivity (Wildman–Crippen MR) is 110 cm³/mol. The highest BCUT2D eigenvalue weighted by Crippen LogP contribution is 2.15. The van der Waals surface area contributed by atoms with Crippen LogP contribution in [0.1, 0.15) is 32.3 Å². The van der Waals surface area contributed by atoms with Crippen LogP contribution in [0, 0.1) is 11.8 Å². The molecule has 0 saturated carbocycles. The van der Waals surface area contributed by atoms with Crippen LogP contribution in [0.4, 0.5) is 0 Å². The molecule has 0 amide bonds. The monoisotopic (exact) mass is 383 g/mol. The Kier molecular flexibility index (Phi) is 5.41. The number of carbonyl (C=O) groups excluding carboxylic acids is 1. The van der Waals surface area contributed by atoms with Crippen molar-refractivity contribution >= 4 is 17.1 Å². The molecule has 0 N–H and O–H groups in total. The van der Waals surface area contributed by atoms with E-state index >= 15 is 0 Å². The molecule has 0 aliphatic carbocycles. The van der Waals surface area contributed by atoms with Gasteiger partial charge in [-0.2, -0.15) is 0 Å². The van der Waals surface area contributed by atoms with Gasteiger partial charge in [0.25, 0.3) is 0 Å². The molecule has 3 aromatic heterocycles. The molecule has 1 aromatic carbocycles. The fraction of sp³-hybridized carbons (Fsp3) is 0.0870. The number of hydrogen-bond donors (Lipinski definition) is 0. The fourth-order valence-corrected chi connectivity index (χ4v) is 3.55. The lowest BCUT2D eigenvalue weighted by atomic mass is 10.2. The molecule has 0 aliphatic rings. The van der Waals surface area contributed by atoms with Gasteiger partial charge >= 0.3 is 0 Å². The predicted octanol–water partition coefficient (Wildman–Crippen LogP) is 4.21. The number of rotatable bonds is 5. The maximum absolute atomic E-state index is 12.8. The van der Waals surface area contributed by atoms with Crippen LogP contribution in [0.5, 0.6) is 0 Å². The minimum Gasteiger partial charge on any atom is -0.341 e. The van der Waals surface area contributed by atoms with Crippen molar-refractivity contribution in [2.45, 2.75) is 13.0 Å². The molecule has 0 unspecified atom stereocenters. The molecule has 0 aliphatic heterocycles. The number of carbonyl (C=O) groups is 1. The minimum absolute atomic E-state index is 0.0518. The summed E-state index contributed by atoms with van der Waals surface area (Å²) < 4.78 is 1.96. The van der Waals surface area contributed by atoms with Crippen molar-refractivity contribution < 1.29 is 4.79 Å². The average molecular weight is 383 g/mol. The Labute approximate surface area is 167 Å². The number of aromatic nitrogens is 3. The number of benzene rings is 1. The van der Waals surface area contributed by atoms with Gasteiger partial charge in [0.1, 0.15) is 10.7 Å². The maximum atomic E-state index is 12.8. The second-order valence-corrected chi connectivity index (χ2v) is 7.16. The summed E-state index contributed by atoms with van der Waals surface area (Å²) in [4.78, 5) is 21.3. The van der Waals surface area contributed by atoms with E-state index in [-0.39, 0.29) is 12.2 Å². The van der Waals surface area contributed by atoms with E-state index in [9.17, 15) is 4.79 Å². The average Bonchev–Trinajstić information content (AvgIpc) is 3.37. The smallest absolute Gasteiger partial charge is 0.186 e. The van der Waals surface area contributed by atoms with Gasteiger partial charge in [-0.3, -0.25) is 9.78 Å². The lowest BCUT2D eigenvalue weighted by Gasteiger charge is -2.08. The van der Waals surface area contributed by atoms with Crippen molar-refractivity contribution in [1.29, 1.82) is 0 Å². The zero-order valence-corrected chi connectivity index (χ0v) is 15.9. The summed E-state index contributed by atoms with van der Waals surface area (Å²) >= 11 is 1.47. The molecule has 0 radical (unpaired) electrons. The number of hydrogen-bond acceptors (Lipinski definition) is 4. The van der Waals surface area contributed by atoms with Crippen molar-refractivity contribution in [3.8, 4) is 11.8 Å². The van der Waals surface area contributed by atoms with Gasteiger partial charge in [-0.1, -0.05) is 24.1 Å². The molecule has 4 nitrogen and oxygen atoms in total. The largest absolute Gasteiger partial charge is 0.341 e. The van der Waals surface area contributed by atoms with Gasteiger partial charge in [0.15, 0.2) is 5.78 Å². The number of Topliss-reactive ketones (excluding diaryl/α,β-unsaturated/α-hetero) is 1. The molecule has 136 valence electrons. The second kappa shape index (κ2) is 8.47. The van der Waals surface area contributed by atoms with Crippen molar-refractivity contribution in [2.24, 2.45) is 0 Å². The summed E-state index contributed by atoms with van der Waals surface area (Å²) in [5, 5.41) is 2.67. The summed E-state index contributed by atoms with van der Waals surface area (Å²) in [5.74, 6) is 6.20. The van der Waals surface area contributed by atoms with Gasteiger partial charge in [0.05, 0.1) is 12.1 Å². The van der Waals surface area contributed by atoms with E-state index in [0.29, 0.717) is 17.9 Å². The Morgan fingerprint density at radius 3 is 2.64 bits per heavy atom. The van der Waals surface area contributed by atoms with Crippen LogP contribution >= 0.6 is 11.3 Å². The Bertz CT molecular complexity index is 1130. The van der Waals surface area contributed by atoms with Gasteiger partial charge in [0.2, 0.25) is 0 Å². The van der Waals surface area contributed by atoms with E-state index in [1.807, 2.05) is 70.7 Å². The molecule has 5 heteroatoms. The lowest BCUT2D eigenvalue weighted by Crippen LogP contribution is -2.11. The van der Waals surface area contributed by atoms with Gasteiger partial charge in [-0.25, -0.2) is 4.98 Å². The normalized spacial score (nSPS) is 10.3. The summed E-state index contributed by atoms with van der Waals surface area (Å²) in [6.07, 6.45) is 5.71.